The van der Waals surface area contributed by atoms with Crippen molar-refractivity contribution in [3.05, 3.63) is 48.3 Å². The monoisotopic (exact) mass is 381 g/mol. The minimum Gasteiger partial charge on any atom is -0.352 e. The molecule has 1 unspecified atom stereocenters. The van der Waals surface area contributed by atoms with Gasteiger partial charge >= 0.3 is 0 Å². The highest BCUT2D eigenvalue weighted by Crippen LogP contribution is 2.40. The van der Waals surface area contributed by atoms with Crippen LogP contribution >= 0.6 is 0 Å². The van der Waals surface area contributed by atoms with Gasteiger partial charge in [-0.1, -0.05) is 6.07 Å². The lowest BCUT2D eigenvalue weighted by molar-refractivity contribution is -0.180. The smallest absolute Gasteiger partial charge is 0.253 e. The van der Waals surface area contributed by atoms with E-state index in [2.05, 4.69) is 25.5 Å². The molecule has 2 fully saturated rings. The van der Waals surface area contributed by atoms with Gasteiger partial charge in [-0.05, 0) is 37.3 Å². The van der Waals surface area contributed by atoms with Crippen LogP contribution in [0.2, 0.25) is 0 Å². The first-order valence-corrected chi connectivity index (χ1v) is 10.3. The standard InChI is InChI=1S/C21H27N5O2/c27-19(25-9-1-2-10-25)18-16-26-13-8-23-20(26)21(28-18)5-11-24(12-6-21)15-17-4-3-7-22-14-17/h3-4,7-8,13-14,18H,1-2,5-6,9-12,15-16H2. The number of nitrogens with zero attached hydrogens (tertiary/aromatic N) is 5. The fraction of sp³-hybridized carbons (Fsp3) is 0.571. The van der Waals surface area contributed by atoms with Crippen LogP contribution in [-0.4, -0.2) is 62.5 Å². The summed E-state index contributed by atoms with van der Waals surface area (Å²) in [4.78, 5) is 26.3. The van der Waals surface area contributed by atoms with Gasteiger partial charge in [0.1, 0.15) is 11.4 Å². The van der Waals surface area contributed by atoms with Gasteiger partial charge in [0.15, 0.2) is 6.10 Å². The molecule has 7 heteroatoms. The number of pyridine rings is 1. The topological polar surface area (TPSA) is 63.5 Å². The molecule has 2 saturated heterocycles. The van der Waals surface area contributed by atoms with Crippen LogP contribution < -0.4 is 0 Å². The van der Waals surface area contributed by atoms with E-state index >= 15 is 0 Å². The lowest BCUT2D eigenvalue weighted by atomic mass is 9.88. The van der Waals surface area contributed by atoms with Crippen molar-refractivity contribution in [1.82, 2.24) is 24.3 Å². The third kappa shape index (κ3) is 3.22. The van der Waals surface area contributed by atoms with Crippen LogP contribution in [-0.2, 0) is 28.2 Å². The lowest BCUT2D eigenvalue weighted by Crippen LogP contribution is -2.54. The molecule has 0 saturated carbocycles. The Morgan fingerprint density at radius 2 is 2.00 bits per heavy atom. The molecule has 0 N–H and O–H groups in total. The maximum Gasteiger partial charge on any atom is 0.253 e. The highest BCUT2D eigenvalue weighted by molar-refractivity contribution is 5.81. The second kappa shape index (κ2) is 7.29. The number of likely N-dealkylation sites (tertiary alicyclic amines) is 2. The van der Waals surface area contributed by atoms with Gasteiger partial charge in [-0.2, -0.15) is 0 Å². The normalized spacial score (nSPS) is 24.4. The van der Waals surface area contributed by atoms with E-state index < -0.39 is 11.7 Å². The van der Waals surface area contributed by atoms with E-state index in [0.717, 1.165) is 64.2 Å². The summed E-state index contributed by atoms with van der Waals surface area (Å²) in [5, 5.41) is 0. The molecular formula is C21H27N5O2. The molecule has 3 aliphatic rings. The summed E-state index contributed by atoms with van der Waals surface area (Å²) in [6.07, 6.45) is 11.1. The van der Waals surface area contributed by atoms with E-state index in [0.29, 0.717) is 6.54 Å². The predicted molar refractivity (Wildman–Crippen MR) is 103 cm³/mol. The van der Waals surface area contributed by atoms with Crippen molar-refractivity contribution in [2.24, 2.45) is 0 Å². The molecule has 0 radical (unpaired) electrons. The summed E-state index contributed by atoms with van der Waals surface area (Å²) in [7, 11) is 0. The molecule has 148 valence electrons. The van der Waals surface area contributed by atoms with Gasteiger partial charge in [-0.15, -0.1) is 0 Å². The van der Waals surface area contributed by atoms with Gasteiger partial charge in [-0.3, -0.25) is 14.7 Å². The minimum atomic E-state index is -0.451. The largest absolute Gasteiger partial charge is 0.352 e. The van der Waals surface area contributed by atoms with Crippen molar-refractivity contribution in [2.45, 2.75) is 50.5 Å². The first kappa shape index (κ1) is 17.8. The second-order valence-corrected chi connectivity index (χ2v) is 8.17. The Balaban J connectivity index is 1.32. The number of hydrogen-bond acceptors (Lipinski definition) is 5. The highest BCUT2D eigenvalue weighted by atomic mass is 16.5. The average molecular weight is 381 g/mol. The number of imidazole rings is 1. The first-order valence-electron chi connectivity index (χ1n) is 10.3. The summed E-state index contributed by atoms with van der Waals surface area (Å²) in [6.45, 7) is 5.04. The number of piperidine rings is 1. The fourth-order valence-corrected chi connectivity index (χ4v) is 4.83. The van der Waals surface area contributed by atoms with Gasteiger partial charge in [-0.25, -0.2) is 4.98 Å². The van der Waals surface area contributed by atoms with Crippen LogP contribution in [0.3, 0.4) is 0 Å². The second-order valence-electron chi connectivity index (χ2n) is 8.17. The molecule has 2 aromatic rings. The third-order valence-electron chi connectivity index (χ3n) is 6.34. The zero-order valence-corrected chi connectivity index (χ0v) is 16.2. The summed E-state index contributed by atoms with van der Waals surface area (Å²) >= 11 is 0. The van der Waals surface area contributed by atoms with Gasteiger partial charge in [0.25, 0.3) is 5.91 Å². The summed E-state index contributed by atoms with van der Waals surface area (Å²) in [5.41, 5.74) is 0.777. The molecule has 3 aliphatic heterocycles. The van der Waals surface area contributed by atoms with Crippen molar-refractivity contribution < 1.29 is 9.53 Å². The van der Waals surface area contributed by atoms with Crippen LogP contribution in [0, 0.1) is 0 Å². The molecule has 7 nitrogen and oxygen atoms in total. The van der Waals surface area contributed by atoms with Crippen molar-refractivity contribution in [2.75, 3.05) is 26.2 Å². The van der Waals surface area contributed by atoms with E-state index in [9.17, 15) is 4.79 Å². The average Bonchev–Trinajstić information content (AvgIpc) is 3.42. The van der Waals surface area contributed by atoms with Gasteiger partial charge in [0.05, 0.1) is 6.54 Å². The summed E-state index contributed by atoms with van der Waals surface area (Å²) in [5.74, 6) is 1.13. The zero-order chi connectivity index (χ0) is 19.0. The molecule has 1 amide bonds. The lowest BCUT2D eigenvalue weighted by Gasteiger charge is -2.46. The maximum absolute atomic E-state index is 13.0. The Labute approximate surface area is 165 Å². The highest BCUT2D eigenvalue weighted by Gasteiger charge is 2.47. The van der Waals surface area contributed by atoms with E-state index in [4.69, 9.17) is 4.74 Å². The minimum absolute atomic E-state index is 0.147. The Morgan fingerprint density at radius 1 is 1.18 bits per heavy atom. The Kier molecular flexibility index (Phi) is 4.64. The molecule has 0 aliphatic carbocycles. The molecule has 0 aromatic carbocycles. The third-order valence-corrected chi connectivity index (χ3v) is 6.34. The number of aromatic nitrogens is 3. The number of ether oxygens (including phenoxy) is 1. The Morgan fingerprint density at radius 3 is 2.75 bits per heavy atom. The first-order chi connectivity index (χ1) is 13.7. The maximum atomic E-state index is 13.0. The van der Waals surface area contributed by atoms with Crippen molar-refractivity contribution in [3.63, 3.8) is 0 Å². The van der Waals surface area contributed by atoms with E-state index in [1.54, 1.807) is 0 Å². The van der Waals surface area contributed by atoms with E-state index in [-0.39, 0.29) is 5.91 Å². The number of fused-ring (bicyclic) bond motifs is 2. The van der Waals surface area contributed by atoms with Gasteiger partial charge < -0.3 is 14.2 Å². The molecule has 1 atom stereocenters. The Hall–Kier alpha value is -2.25. The van der Waals surface area contributed by atoms with E-state index in [1.165, 1.54) is 5.56 Å². The zero-order valence-electron chi connectivity index (χ0n) is 16.2. The van der Waals surface area contributed by atoms with Crippen molar-refractivity contribution >= 4 is 5.91 Å². The summed E-state index contributed by atoms with van der Waals surface area (Å²) < 4.78 is 8.70. The molecular weight excluding hydrogens is 354 g/mol. The van der Waals surface area contributed by atoms with Crippen molar-refractivity contribution in [1.29, 1.82) is 0 Å². The quantitative estimate of drug-likeness (QED) is 0.811. The van der Waals surface area contributed by atoms with E-state index in [1.807, 2.05) is 35.8 Å². The van der Waals surface area contributed by atoms with Gasteiger partial charge in [0, 0.05) is 57.5 Å². The molecule has 1 spiro atoms. The molecule has 2 aromatic heterocycles. The number of carbonyl (C=O) groups excluding carboxylic acids is 1. The molecule has 5 heterocycles. The number of amides is 1. The fourth-order valence-electron chi connectivity index (χ4n) is 4.83. The number of rotatable bonds is 3. The van der Waals surface area contributed by atoms with Crippen LogP contribution in [0.25, 0.3) is 0 Å². The summed E-state index contributed by atoms with van der Waals surface area (Å²) in [6, 6.07) is 4.10. The molecule has 5 rings (SSSR count). The number of carbonyl (C=O) groups is 1. The van der Waals surface area contributed by atoms with Crippen LogP contribution in [0.15, 0.2) is 36.9 Å². The SMILES string of the molecule is O=C(C1Cn2ccnc2C2(CCN(Cc3cccnc3)CC2)O1)N1CCCC1. The van der Waals surface area contributed by atoms with Crippen LogP contribution in [0.1, 0.15) is 37.1 Å². The van der Waals surface area contributed by atoms with Gasteiger partial charge in [0.2, 0.25) is 0 Å². The van der Waals surface area contributed by atoms with Crippen LogP contribution in [0.5, 0.6) is 0 Å². The predicted octanol–water partition coefficient (Wildman–Crippen LogP) is 1.79. The number of hydrogen-bond donors (Lipinski definition) is 0. The van der Waals surface area contributed by atoms with Crippen LogP contribution in [0.4, 0.5) is 0 Å². The molecule has 0 bridgehead atoms. The Bertz CT molecular complexity index is 822. The van der Waals surface area contributed by atoms with Crippen molar-refractivity contribution in [3.8, 4) is 0 Å². The molecule has 28 heavy (non-hydrogen) atoms.